The van der Waals surface area contributed by atoms with Gasteiger partial charge in [-0.1, -0.05) is 66.0 Å². The molecule has 0 aliphatic carbocycles. The molecule has 0 saturated heterocycles. The number of carbonyl (C=O) groups is 1. The van der Waals surface area contributed by atoms with Crippen molar-refractivity contribution in [2.24, 2.45) is 0 Å². The first-order valence-electron chi connectivity index (χ1n) is 11.4. The highest BCUT2D eigenvalue weighted by Gasteiger charge is 2.35. The van der Waals surface area contributed by atoms with Crippen molar-refractivity contribution in [3.05, 3.63) is 89.5 Å². The zero-order chi connectivity index (χ0) is 27.7. The highest BCUT2D eigenvalue weighted by atomic mass is 32.2. The maximum Gasteiger partial charge on any atom is 0.416 e. The van der Waals surface area contributed by atoms with Crippen LogP contribution in [0.5, 0.6) is 0 Å². The number of rotatable bonds is 4. The molecule has 1 aromatic heterocycles. The predicted molar refractivity (Wildman–Crippen MR) is 143 cm³/mol. The van der Waals surface area contributed by atoms with Crippen molar-refractivity contribution in [1.82, 2.24) is 4.98 Å². The molecule has 5 rings (SSSR count). The first-order chi connectivity index (χ1) is 18.7. The van der Waals surface area contributed by atoms with E-state index in [1.165, 1.54) is 22.7 Å². The third-order valence-corrected chi connectivity index (χ3v) is 8.00. The fourth-order valence-corrected chi connectivity index (χ4v) is 6.07. The second kappa shape index (κ2) is 10.4. The van der Waals surface area contributed by atoms with E-state index in [0.717, 1.165) is 23.9 Å². The van der Waals surface area contributed by atoms with E-state index in [0.29, 0.717) is 26.6 Å². The fourth-order valence-electron chi connectivity index (χ4n) is 4.19. The zero-order valence-electron chi connectivity index (χ0n) is 19.9. The molecule has 3 aromatic carbocycles. The second-order valence-electron chi connectivity index (χ2n) is 8.28. The number of thioether (sulfide) groups is 1. The Morgan fingerprint density at radius 3 is 2.31 bits per heavy atom. The second-order valence-corrected chi connectivity index (χ2v) is 10.3. The van der Waals surface area contributed by atoms with Gasteiger partial charge in [-0.25, -0.2) is 4.98 Å². The van der Waals surface area contributed by atoms with Gasteiger partial charge < -0.3 is 5.73 Å². The molecule has 0 atom stereocenters. The van der Waals surface area contributed by atoms with Crippen molar-refractivity contribution in [3.63, 3.8) is 0 Å². The van der Waals surface area contributed by atoms with Gasteiger partial charge in [-0.2, -0.15) is 23.7 Å². The van der Waals surface area contributed by atoms with Crippen molar-refractivity contribution in [1.29, 1.82) is 10.5 Å². The summed E-state index contributed by atoms with van der Waals surface area (Å²) in [5.74, 6) is -0.857. The number of halogens is 3. The number of nitrogens with zero attached hydrogens (tertiary/aromatic N) is 4. The van der Waals surface area contributed by atoms with E-state index in [1.54, 1.807) is 54.6 Å². The number of nitriles is 2. The maximum atomic E-state index is 13.6. The number of benzene rings is 3. The summed E-state index contributed by atoms with van der Waals surface area (Å²) in [6, 6.07) is 23.1. The lowest BCUT2D eigenvalue weighted by atomic mass is 9.97. The molecule has 0 unspecified atom stereocenters. The molecule has 1 aliphatic rings. The molecule has 0 saturated carbocycles. The number of amides is 1. The Balaban J connectivity index is 1.54. The minimum Gasteiger partial charge on any atom is -0.383 e. The lowest BCUT2D eigenvalue weighted by molar-refractivity contribution is -0.137. The molecule has 6 nitrogen and oxygen atoms in total. The Labute approximate surface area is 229 Å². The van der Waals surface area contributed by atoms with Gasteiger partial charge in [0.1, 0.15) is 28.5 Å². The van der Waals surface area contributed by atoms with Gasteiger partial charge >= 0.3 is 6.18 Å². The van der Waals surface area contributed by atoms with Crippen molar-refractivity contribution in [3.8, 4) is 23.3 Å². The molecule has 0 fully saturated rings. The lowest BCUT2D eigenvalue weighted by Gasteiger charge is -2.31. The van der Waals surface area contributed by atoms with Crippen LogP contribution in [0.1, 0.15) is 16.7 Å². The Bertz CT molecular complexity index is 1690. The van der Waals surface area contributed by atoms with E-state index in [9.17, 15) is 28.5 Å². The van der Waals surface area contributed by atoms with E-state index in [-0.39, 0.29) is 33.4 Å². The topological polar surface area (TPSA) is 107 Å². The number of hydrogen-bond acceptors (Lipinski definition) is 7. The number of anilines is 3. The molecular formula is C28H16F3N5OS2. The molecule has 4 aromatic rings. The molecule has 11 heteroatoms. The van der Waals surface area contributed by atoms with Gasteiger partial charge in [-0.05, 0) is 35.9 Å². The maximum absolute atomic E-state index is 13.6. The third kappa shape index (κ3) is 4.90. The highest BCUT2D eigenvalue weighted by molar-refractivity contribution is 8.00. The van der Waals surface area contributed by atoms with E-state index in [4.69, 9.17) is 5.73 Å². The SMILES string of the molecule is N#Cc1c(N)nc(SCC(=O)N2c3ccccc3Sc3ccc(C(F)(F)F)cc32)c(C#N)c1-c1ccccc1. The van der Waals surface area contributed by atoms with Gasteiger partial charge in [0.15, 0.2) is 0 Å². The summed E-state index contributed by atoms with van der Waals surface area (Å²) in [6.07, 6.45) is -4.58. The normalized spacial score (nSPS) is 12.2. The number of aromatic nitrogens is 1. The minimum atomic E-state index is -4.58. The van der Waals surface area contributed by atoms with Gasteiger partial charge in [0.05, 0.1) is 28.3 Å². The third-order valence-electron chi connectivity index (χ3n) is 5.91. The largest absolute Gasteiger partial charge is 0.416 e. The average molecular weight is 560 g/mol. The zero-order valence-corrected chi connectivity index (χ0v) is 21.5. The molecule has 192 valence electrons. The minimum absolute atomic E-state index is 0.0454. The molecule has 1 amide bonds. The smallest absolute Gasteiger partial charge is 0.383 e. The summed E-state index contributed by atoms with van der Waals surface area (Å²) in [5.41, 5.74) is 6.80. The van der Waals surface area contributed by atoms with Gasteiger partial charge in [0.2, 0.25) is 5.91 Å². The number of hydrogen-bond donors (Lipinski definition) is 1. The summed E-state index contributed by atoms with van der Waals surface area (Å²) in [4.78, 5) is 20.4. The van der Waals surface area contributed by atoms with Gasteiger partial charge in [0, 0.05) is 15.4 Å². The number of nitrogen functional groups attached to an aromatic ring is 1. The van der Waals surface area contributed by atoms with Crippen LogP contribution in [0.3, 0.4) is 0 Å². The monoisotopic (exact) mass is 559 g/mol. The van der Waals surface area contributed by atoms with Crippen molar-refractivity contribution < 1.29 is 18.0 Å². The fraction of sp³-hybridized carbons (Fsp3) is 0.0714. The first kappa shape index (κ1) is 26.2. The first-order valence-corrected chi connectivity index (χ1v) is 13.2. The standard InChI is InChI=1S/C28H16F3N5OS2/c29-28(30,31)17-10-11-23-21(12-17)36(20-8-4-5-9-22(20)39-23)24(37)15-38-27-19(14-33)25(16-6-2-1-3-7-16)18(13-32)26(34)35-27/h1-12H,15H2,(H2,34,35). The van der Waals surface area contributed by atoms with E-state index < -0.39 is 17.6 Å². The lowest BCUT2D eigenvalue weighted by Crippen LogP contribution is -2.30. The van der Waals surface area contributed by atoms with Crippen LogP contribution in [0.25, 0.3) is 11.1 Å². The van der Waals surface area contributed by atoms with Crippen LogP contribution >= 0.6 is 23.5 Å². The van der Waals surface area contributed by atoms with Gasteiger partial charge in [-0.15, -0.1) is 0 Å². The highest BCUT2D eigenvalue weighted by Crippen LogP contribution is 2.50. The summed E-state index contributed by atoms with van der Waals surface area (Å²) in [6.45, 7) is 0. The Morgan fingerprint density at radius 1 is 0.949 bits per heavy atom. The predicted octanol–water partition coefficient (Wildman–Crippen LogP) is 7.01. The van der Waals surface area contributed by atoms with Crippen molar-refractivity contribution >= 4 is 46.6 Å². The molecular weight excluding hydrogens is 543 g/mol. The van der Waals surface area contributed by atoms with Crippen LogP contribution in [-0.4, -0.2) is 16.6 Å². The van der Waals surface area contributed by atoms with Crippen LogP contribution in [-0.2, 0) is 11.0 Å². The van der Waals surface area contributed by atoms with Crippen LogP contribution < -0.4 is 10.6 Å². The van der Waals surface area contributed by atoms with Gasteiger partial charge in [-0.3, -0.25) is 9.69 Å². The van der Waals surface area contributed by atoms with Crippen LogP contribution in [0.15, 0.2) is 87.6 Å². The number of fused-ring (bicyclic) bond motifs is 2. The van der Waals surface area contributed by atoms with Crippen LogP contribution in [0, 0.1) is 22.7 Å². The molecule has 0 bridgehead atoms. The quantitative estimate of drug-likeness (QED) is 0.268. The van der Waals surface area contributed by atoms with E-state index in [1.807, 2.05) is 6.07 Å². The number of para-hydroxylation sites is 1. The Hall–Kier alpha value is -4.45. The average Bonchev–Trinajstić information content (AvgIpc) is 2.93. The van der Waals surface area contributed by atoms with E-state index >= 15 is 0 Å². The van der Waals surface area contributed by atoms with Crippen molar-refractivity contribution in [2.45, 2.75) is 21.0 Å². The van der Waals surface area contributed by atoms with E-state index in [2.05, 4.69) is 11.1 Å². The number of carbonyl (C=O) groups excluding carboxylic acids is 1. The molecule has 0 radical (unpaired) electrons. The van der Waals surface area contributed by atoms with Crippen molar-refractivity contribution in [2.75, 3.05) is 16.4 Å². The number of nitrogens with two attached hydrogens (primary N) is 1. The summed E-state index contributed by atoms with van der Waals surface area (Å²) < 4.78 is 40.6. The van der Waals surface area contributed by atoms with Crippen LogP contribution in [0.4, 0.5) is 30.4 Å². The Morgan fingerprint density at radius 2 is 1.62 bits per heavy atom. The summed E-state index contributed by atoms with van der Waals surface area (Å²) >= 11 is 2.21. The molecule has 1 aliphatic heterocycles. The Kier molecular flexibility index (Phi) is 6.96. The number of pyridine rings is 1. The molecule has 0 spiro atoms. The van der Waals surface area contributed by atoms with Gasteiger partial charge in [0.25, 0.3) is 0 Å². The van der Waals surface area contributed by atoms with Crippen LogP contribution in [0.2, 0.25) is 0 Å². The molecule has 39 heavy (non-hydrogen) atoms. The molecule has 2 heterocycles. The molecule has 2 N–H and O–H groups in total. The summed E-state index contributed by atoms with van der Waals surface area (Å²) in [7, 11) is 0. The summed E-state index contributed by atoms with van der Waals surface area (Å²) in [5, 5.41) is 19.8. The number of alkyl halides is 3.